The van der Waals surface area contributed by atoms with Crippen molar-refractivity contribution in [2.75, 3.05) is 0 Å². The normalized spacial score (nSPS) is 17.1. The first-order chi connectivity index (χ1) is 13.2. The van der Waals surface area contributed by atoms with Gasteiger partial charge in [0.05, 0.1) is 5.69 Å². The Bertz CT molecular complexity index is 1050. The predicted octanol–water partition coefficient (Wildman–Crippen LogP) is 4.96. The van der Waals surface area contributed by atoms with Gasteiger partial charge < -0.3 is 5.11 Å². The smallest absolute Gasteiger partial charge is 0.213 e. The Balaban J connectivity index is 1.96. The fourth-order valence-electron chi connectivity index (χ4n) is 2.51. The predicted molar refractivity (Wildman–Crippen MR) is 109 cm³/mol. The molecule has 0 saturated carbocycles. The van der Waals surface area contributed by atoms with Crippen molar-refractivity contribution < 1.29 is 5.11 Å². The number of azo groups is 1. The van der Waals surface area contributed by atoms with Gasteiger partial charge in [-0.2, -0.15) is 15.6 Å². The van der Waals surface area contributed by atoms with Crippen molar-refractivity contribution in [3.63, 3.8) is 0 Å². The molecule has 2 aromatic rings. The van der Waals surface area contributed by atoms with Crippen molar-refractivity contribution in [3.8, 4) is 12.1 Å². The van der Waals surface area contributed by atoms with Gasteiger partial charge in [0.15, 0.2) is 5.76 Å². The van der Waals surface area contributed by atoms with Crippen molar-refractivity contribution in [2.24, 2.45) is 10.2 Å². The molecule has 1 aliphatic carbocycles. The number of aliphatic hydroxyl groups is 1. The van der Waals surface area contributed by atoms with Crippen LogP contribution in [-0.4, -0.2) is 19.2 Å². The van der Waals surface area contributed by atoms with Crippen LogP contribution in [0.5, 0.6) is 0 Å². The van der Waals surface area contributed by atoms with Gasteiger partial charge in [-0.25, -0.2) is 0 Å². The zero-order valence-electron chi connectivity index (χ0n) is 14.0. The molecule has 7 nitrogen and oxygen atoms in total. The summed E-state index contributed by atoms with van der Waals surface area (Å²) < 4.78 is 0.210. The highest BCUT2D eigenvalue weighted by Crippen LogP contribution is 2.33. The second-order valence-corrected chi connectivity index (χ2v) is 7.04. The number of halogens is 1. The molecule has 0 amide bonds. The van der Waals surface area contributed by atoms with Crippen LogP contribution in [0.25, 0.3) is 11.3 Å². The Hall–Kier alpha value is -3.24. The summed E-state index contributed by atoms with van der Waals surface area (Å²) in [5, 5.41) is 43.6. The molecule has 1 unspecified atom stereocenters. The lowest BCUT2D eigenvalue weighted by molar-refractivity contribution is 0.507. The van der Waals surface area contributed by atoms with Gasteiger partial charge in [-0.05, 0) is 12.0 Å². The number of H-pyrrole nitrogens is 1. The Kier molecular flexibility index (Phi) is 5.79. The van der Waals surface area contributed by atoms with Crippen LogP contribution < -0.4 is 0 Å². The lowest BCUT2D eigenvalue weighted by atomic mass is 9.99. The van der Waals surface area contributed by atoms with Crippen LogP contribution in [0.15, 0.2) is 64.5 Å². The average molecular weight is 468 g/mol. The lowest BCUT2D eigenvalue weighted by Gasteiger charge is -2.14. The maximum absolute atomic E-state index is 10.2. The summed E-state index contributed by atoms with van der Waals surface area (Å²) in [4.78, 5) is 0. The average Bonchev–Trinajstić information content (AvgIpc) is 3.12. The molecule has 1 aromatic carbocycles. The molecule has 8 heteroatoms. The van der Waals surface area contributed by atoms with Gasteiger partial charge in [-0.3, -0.25) is 5.10 Å². The van der Waals surface area contributed by atoms with E-state index in [2.05, 4.69) is 55.2 Å². The topological polar surface area (TPSA) is 121 Å². The molecule has 0 spiro atoms. The minimum Gasteiger partial charge on any atom is -0.504 e. The van der Waals surface area contributed by atoms with E-state index in [0.717, 1.165) is 12.0 Å². The Morgan fingerprint density at radius 2 is 2.07 bits per heavy atom. The fourth-order valence-corrected chi connectivity index (χ4v) is 3.33. The Morgan fingerprint density at radius 3 is 2.74 bits per heavy atom. The maximum atomic E-state index is 10.2. The molecule has 0 bridgehead atoms. The number of alkyl halides is 1. The SMILES string of the molecule is N#CC(/N=N/c1n[nH]c(C2=CC=CCC2I)c1C#N)=C(/O)c1ccccc1. The summed E-state index contributed by atoms with van der Waals surface area (Å²) >= 11 is 2.30. The summed E-state index contributed by atoms with van der Waals surface area (Å²) in [5.41, 5.74) is 1.97. The van der Waals surface area contributed by atoms with Crippen LogP contribution in [0.2, 0.25) is 0 Å². The standard InChI is InChI=1S/C19H13IN6O/c20-15-9-5-4-8-13(15)17-14(10-21)19(26-24-17)25-23-16(11-22)18(27)12-6-2-1-3-7-12/h1-8,15,27H,9H2,(H,24,26)/b18-16-,25-23+. The van der Waals surface area contributed by atoms with E-state index in [1.165, 1.54) is 0 Å². The highest BCUT2D eigenvalue weighted by molar-refractivity contribution is 14.1. The van der Waals surface area contributed by atoms with Crippen molar-refractivity contribution in [1.82, 2.24) is 10.2 Å². The summed E-state index contributed by atoms with van der Waals surface area (Å²) in [6.07, 6.45) is 6.78. The highest BCUT2D eigenvalue weighted by Gasteiger charge is 2.22. The fraction of sp³-hybridized carbons (Fsp3) is 0.105. The van der Waals surface area contributed by atoms with E-state index in [-0.39, 0.29) is 26.8 Å². The van der Waals surface area contributed by atoms with E-state index in [1.807, 2.05) is 18.2 Å². The molecule has 1 atom stereocenters. The van der Waals surface area contributed by atoms with E-state index in [9.17, 15) is 15.6 Å². The van der Waals surface area contributed by atoms with Crippen molar-refractivity contribution in [1.29, 1.82) is 10.5 Å². The first-order valence-electron chi connectivity index (χ1n) is 7.95. The summed E-state index contributed by atoms with van der Waals surface area (Å²) in [7, 11) is 0. The van der Waals surface area contributed by atoms with Crippen molar-refractivity contribution in [3.05, 3.63) is 71.1 Å². The molecule has 1 aliphatic rings. The number of benzene rings is 1. The molecule has 1 heterocycles. The zero-order chi connectivity index (χ0) is 19.2. The van der Waals surface area contributed by atoms with Gasteiger partial charge in [-0.15, -0.1) is 10.2 Å². The molecule has 2 N–H and O–H groups in total. The van der Waals surface area contributed by atoms with Gasteiger partial charge in [-0.1, -0.05) is 71.2 Å². The largest absolute Gasteiger partial charge is 0.504 e. The number of nitrogens with one attached hydrogen (secondary N) is 1. The van der Waals surface area contributed by atoms with Crippen LogP contribution in [0.4, 0.5) is 5.82 Å². The molecule has 0 saturated heterocycles. The maximum Gasteiger partial charge on any atom is 0.213 e. The quantitative estimate of drug-likeness (QED) is 0.217. The zero-order valence-corrected chi connectivity index (χ0v) is 16.1. The number of nitriles is 2. The minimum absolute atomic E-state index is 0.0696. The number of hydrogen-bond acceptors (Lipinski definition) is 6. The van der Waals surface area contributed by atoms with Crippen LogP contribution in [-0.2, 0) is 0 Å². The molecule has 3 rings (SSSR count). The number of hydrogen-bond donors (Lipinski definition) is 2. The lowest BCUT2D eigenvalue weighted by Crippen LogP contribution is -2.04. The van der Waals surface area contributed by atoms with Crippen LogP contribution in [0, 0.1) is 22.7 Å². The third-order valence-electron chi connectivity index (χ3n) is 3.86. The number of aromatic nitrogens is 2. The number of aliphatic hydroxyl groups excluding tert-OH is 1. The van der Waals surface area contributed by atoms with E-state index >= 15 is 0 Å². The van der Waals surface area contributed by atoms with E-state index < -0.39 is 0 Å². The molecule has 0 aliphatic heterocycles. The second-order valence-electron chi connectivity index (χ2n) is 5.54. The van der Waals surface area contributed by atoms with E-state index in [1.54, 1.807) is 30.3 Å². The highest BCUT2D eigenvalue weighted by atomic mass is 127. The number of rotatable bonds is 4. The molecule has 0 fully saturated rings. The molecule has 1 aromatic heterocycles. The van der Waals surface area contributed by atoms with Gasteiger partial charge in [0.25, 0.3) is 0 Å². The summed E-state index contributed by atoms with van der Waals surface area (Å²) in [6.45, 7) is 0. The van der Waals surface area contributed by atoms with E-state index in [0.29, 0.717) is 11.3 Å². The van der Waals surface area contributed by atoms with Crippen LogP contribution in [0.3, 0.4) is 0 Å². The molecule has 0 radical (unpaired) electrons. The third kappa shape index (κ3) is 3.96. The first-order valence-corrected chi connectivity index (χ1v) is 9.20. The van der Waals surface area contributed by atoms with Crippen molar-refractivity contribution >= 4 is 39.7 Å². The number of allylic oxidation sites excluding steroid dienone is 5. The van der Waals surface area contributed by atoms with Gasteiger partial charge in [0.2, 0.25) is 11.5 Å². The summed E-state index contributed by atoms with van der Waals surface area (Å²) in [5.74, 6) is -0.219. The summed E-state index contributed by atoms with van der Waals surface area (Å²) in [6, 6.07) is 12.5. The van der Waals surface area contributed by atoms with Crippen LogP contribution >= 0.6 is 22.6 Å². The third-order valence-corrected chi connectivity index (χ3v) is 5.04. The molecule has 132 valence electrons. The van der Waals surface area contributed by atoms with Gasteiger partial charge >= 0.3 is 0 Å². The number of nitrogens with zero attached hydrogens (tertiary/aromatic N) is 5. The Morgan fingerprint density at radius 1 is 1.30 bits per heavy atom. The molecular weight excluding hydrogens is 455 g/mol. The van der Waals surface area contributed by atoms with Crippen LogP contribution in [0.1, 0.15) is 23.2 Å². The van der Waals surface area contributed by atoms with Crippen molar-refractivity contribution in [2.45, 2.75) is 10.3 Å². The van der Waals surface area contributed by atoms with Gasteiger partial charge in [0.1, 0.15) is 17.7 Å². The van der Waals surface area contributed by atoms with Gasteiger partial charge in [0, 0.05) is 9.49 Å². The van der Waals surface area contributed by atoms with E-state index in [4.69, 9.17) is 0 Å². The number of aromatic amines is 1. The second kappa shape index (κ2) is 8.43. The molecular formula is C19H13IN6O. The monoisotopic (exact) mass is 468 g/mol. The Labute approximate surface area is 169 Å². The first kappa shape index (κ1) is 18.5. The minimum atomic E-state index is -0.288. The molecule has 27 heavy (non-hydrogen) atoms.